The molecule has 116 valence electrons. The van der Waals surface area contributed by atoms with Crippen LogP contribution in [0.15, 0.2) is 24.3 Å². The van der Waals surface area contributed by atoms with E-state index >= 15 is 0 Å². The van der Waals surface area contributed by atoms with Crippen LogP contribution in [0, 0.1) is 0 Å². The summed E-state index contributed by atoms with van der Waals surface area (Å²) in [6.07, 6.45) is 4.97. The number of fused-ring (bicyclic) bond motifs is 2. The Labute approximate surface area is 133 Å². The van der Waals surface area contributed by atoms with E-state index in [0.29, 0.717) is 12.1 Å². The predicted octanol–water partition coefficient (Wildman–Crippen LogP) is 3.33. The summed E-state index contributed by atoms with van der Waals surface area (Å²) in [4.78, 5) is 10.0. The molecule has 2 heterocycles. The Bertz CT molecular complexity index is 491. The number of rotatable bonds is 3. The predicted molar refractivity (Wildman–Crippen MR) is 91.9 cm³/mol. The van der Waals surface area contributed by atoms with Crippen molar-refractivity contribution in [3.05, 3.63) is 29.8 Å². The summed E-state index contributed by atoms with van der Waals surface area (Å²) >= 11 is -1.95. The molecule has 2 aliphatic heterocycles. The Morgan fingerprint density at radius 2 is 1.57 bits per heavy atom. The van der Waals surface area contributed by atoms with E-state index in [9.17, 15) is 0 Å². The molecular weight excluding hydrogens is 365 g/mol. The van der Waals surface area contributed by atoms with Crippen LogP contribution in [-0.4, -0.2) is 49.5 Å². The summed E-state index contributed by atoms with van der Waals surface area (Å²) < 4.78 is 7.72. The quantitative estimate of drug-likeness (QED) is 0.730. The van der Waals surface area contributed by atoms with Crippen LogP contribution in [0.2, 0.25) is 14.8 Å². The molecule has 2 saturated heterocycles. The summed E-state index contributed by atoms with van der Waals surface area (Å²) in [5.74, 6) is 0. The summed E-state index contributed by atoms with van der Waals surface area (Å²) in [7, 11) is 4.20. The van der Waals surface area contributed by atoms with E-state index < -0.39 is 18.4 Å². The molecule has 0 aromatic heterocycles. The van der Waals surface area contributed by atoms with Crippen LogP contribution in [0.1, 0.15) is 31.2 Å². The van der Waals surface area contributed by atoms with E-state index in [2.05, 4.69) is 51.0 Å². The van der Waals surface area contributed by atoms with Gasteiger partial charge in [-0.3, -0.25) is 0 Å². The van der Waals surface area contributed by atoms with Gasteiger partial charge in [-0.15, -0.1) is 0 Å². The summed E-state index contributed by atoms with van der Waals surface area (Å²) in [6.45, 7) is 0. The van der Waals surface area contributed by atoms with E-state index in [4.69, 9.17) is 4.74 Å². The van der Waals surface area contributed by atoms with Crippen molar-refractivity contribution in [2.75, 3.05) is 14.2 Å². The van der Waals surface area contributed by atoms with Crippen molar-refractivity contribution in [2.45, 2.75) is 58.2 Å². The number of hydrogen-bond acceptors (Lipinski definition) is 2. The molecule has 0 spiro atoms. The summed E-state index contributed by atoms with van der Waals surface area (Å²) in [5.41, 5.74) is 1.35. The van der Waals surface area contributed by atoms with Crippen molar-refractivity contribution in [3.63, 3.8) is 0 Å². The van der Waals surface area contributed by atoms with Gasteiger partial charge in [0.25, 0.3) is 0 Å². The van der Waals surface area contributed by atoms with Crippen molar-refractivity contribution >= 4 is 22.0 Å². The molecule has 1 aromatic rings. The topological polar surface area (TPSA) is 12.5 Å². The number of methoxy groups -OCH3 is 1. The van der Waals surface area contributed by atoms with Gasteiger partial charge in [-0.05, 0) is 0 Å². The van der Waals surface area contributed by atoms with Crippen molar-refractivity contribution < 1.29 is 4.74 Å². The van der Waals surface area contributed by atoms with E-state index in [-0.39, 0.29) is 5.60 Å². The van der Waals surface area contributed by atoms with E-state index in [1.807, 2.05) is 7.11 Å². The fourth-order valence-electron chi connectivity index (χ4n) is 4.22. The van der Waals surface area contributed by atoms with Gasteiger partial charge in [0.1, 0.15) is 0 Å². The Morgan fingerprint density at radius 1 is 1.05 bits per heavy atom. The normalized spacial score (nSPS) is 33.4. The molecule has 2 nitrogen and oxygen atoms in total. The number of hydrogen-bond donors (Lipinski definition) is 0. The molecule has 1 aromatic carbocycles. The second-order valence-electron chi connectivity index (χ2n) is 7.98. The van der Waals surface area contributed by atoms with Crippen LogP contribution in [-0.2, 0) is 10.3 Å². The molecule has 2 fully saturated rings. The van der Waals surface area contributed by atoms with Crippen LogP contribution >= 0.6 is 0 Å². The minimum absolute atomic E-state index is 0.0513. The van der Waals surface area contributed by atoms with Gasteiger partial charge in [0.15, 0.2) is 0 Å². The van der Waals surface area contributed by atoms with Gasteiger partial charge >= 0.3 is 134 Å². The number of piperidine rings is 1. The maximum absolute atomic E-state index is 6.11. The molecule has 2 unspecified atom stereocenters. The van der Waals surface area contributed by atoms with Crippen molar-refractivity contribution in [3.8, 4) is 0 Å². The molecule has 2 aliphatic rings. The molecule has 21 heavy (non-hydrogen) atoms. The first-order chi connectivity index (χ1) is 9.86. The first-order valence-electron chi connectivity index (χ1n) is 8.24. The second-order valence-corrected chi connectivity index (χ2v) is 22.5. The van der Waals surface area contributed by atoms with Gasteiger partial charge < -0.3 is 0 Å². The fourth-order valence-corrected chi connectivity index (χ4v) is 7.55. The maximum atomic E-state index is 6.11. The van der Waals surface area contributed by atoms with Crippen LogP contribution in [0.5, 0.6) is 0 Å². The van der Waals surface area contributed by atoms with E-state index in [1.165, 1.54) is 18.4 Å². The Kier molecular flexibility index (Phi) is 4.17. The minimum atomic E-state index is -1.95. The Hall–Kier alpha value is -0.0613. The van der Waals surface area contributed by atoms with Gasteiger partial charge in [-0.25, -0.2) is 0 Å². The van der Waals surface area contributed by atoms with Crippen LogP contribution in [0.3, 0.4) is 0 Å². The molecule has 3 rings (SSSR count). The third-order valence-electron chi connectivity index (χ3n) is 5.78. The van der Waals surface area contributed by atoms with Gasteiger partial charge in [0.2, 0.25) is 0 Å². The molecule has 0 radical (unpaired) electrons. The molecule has 3 heteroatoms. The third-order valence-corrected chi connectivity index (χ3v) is 11.7. The van der Waals surface area contributed by atoms with E-state index in [0.717, 1.165) is 12.8 Å². The zero-order chi connectivity index (χ0) is 15.3. The molecule has 2 atom stereocenters. The van der Waals surface area contributed by atoms with Crippen molar-refractivity contribution in [1.29, 1.82) is 0 Å². The van der Waals surface area contributed by atoms with Crippen LogP contribution in [0.4, 0.5) is 0 Å². The van der Waals surface area contributed by atoms with Gasteiger partial charge in [-0.1, -0.05) is 0 Å². The Morgan fingerprint density at radius 3 is 2.00 bits per heavy atom. The second kappa shape index (κ2) is 5.54. The van der Waals surface area contributed by atoms with Gasteiger partial charge in [-0.2, -0.15) is 0 Å². The molecule has 0 saturated carbocycles. The molecular formula is C18H29NOSn. The zero-order valence-corrected chi connectivity index (χ0v) is 17.0. The molecule has 0 N–H and O–H groups in total. The third kappa shape index (κ3) is 2.79. The van der Waals surface area contributed by atoms with Crippen molar-refractivity contribution in [1.82, 2.24) is 4.90 Å². The summed E-state index contributed by atoms with van der Waals surface area (Å²) in [6, 6.07) is 10.9. The van der Waals surface area contributed by atoms with E-state index in [1.54, 1.807) is 3.58 Å². The van der Waals surface area contributed by atoms with Gasteiger partial charge in [0, 0.05) is 0 Å². The zero-order valence-electron chi connectivity index (χ0n) is 14.1. The number of ether oxygens (including phenoxy) is 1. The van der Waals surface area contributed by atoms with Crippen LogP contribution in [0.25, 0.3) is 0 Å². The van der Waals surface area contributed by atoms with Gasteiger partial charge in [0.05, 0.1) is 0 Å². The number of nitrogens with zero attached hydrogens (tertiary/aromatic N) is 1. The van der Waals surface area contributed by atoms with Crippen molar-refractivity contribution in [2.24, 2.45) is 0 Å². The molecule has 0 amide bonds. The monoisotopic (exact) mass is 395 g/mol. The number of benzene rings is 1. The Balaban J connectivity index is 1.90. The first kappa shape index (κ1) is 15.8. The standard InChI is InChI=1S/C15H20NO.3CH3.Sn/c1-16-13-8-9-14(16)11-15(10-13,17-2)12-6-4-3-5-7-12;;;;/h4-7,13-14H,8-11H2,1-2H3;3*1H3;. The first-order valence-corrected chi connectivity index (χ1v) is 18.2. The summed E-state index contributed by atoms with van der Waals surface area (Å²) in [5, 5.41) is 0. The average Bonchev–Trinajstić information content (AvgIpc) is 2.69. The average molecular weight is 394 g/mol. The molecule has 2 bridgehead atoms. The van der Waals surface area contributed by atoms with Crippen LogP contribution < -0.4 is 3.58 Å². The SMILES string of the molecule is COC1(c2cc[c]([Sn]([CH3])([CH3])[CH3])cc2)CC2CCC(C1)N2C. The fraction of sp³-hybridized carbons (Fsp3) is 0.667. The molecule has 0 aliphatic carbocycles.